The summed E-state index contributed by atoms with van der Waals surface area (Å²) >= 11 is 0. The maximum Gasteiger partial charge on any atom is 0.306 e. The molecule has 4 nitrogen and oxygen atoms in total. The van der Waals surface area contributed by atoms with Gasteiger partial charge in [-0.25, -0.2) is 0 Å². The van der Waals surface area contributed by atoms with Crippen LogP contribution < -0.4 is 0 Å². The molecule has 1 aromatic rings. The summed E-state index contributed by atoms with van der Waals surface area (Å²) in [4.78, 5) is 12.1. The normalized spacial score (nSPS) is 22.2. The van der Waals surface area contributed by atoms with Gasteiger partial charge in [0.1, 0.15) is 6.10 Å². The molecule has 1 aliphatic carbocycles. The molecule has 2 rings (SSSR count). The van der Waals surface area contributed by atoms with Gasteiger partial charge in [-0.2, -0.15) is 5.10 Å². The van der Waals surface area contributed by atoms with Gasteiger partial charge in [-0.1, -0.05) is 20.8 Å². The molecule has 130 valence electrons. The van der Waals surface area contributed by atoms with Gasteiger partial charge in [0.2, 0.25) is 0 Å². The lowest BCUT2D eigenvalue weighted by Gasteiger charge is -2.36. The summed E-state index contributed by atoms with van der Waals surface area (Å²) < 4.78 is 7.57. The molecule has 1 aliphatic rings. The molecule has 0 bridgehead atoms. The summed E-state index contributed by atoms with van der Waals surface area (Å²) in [6.07, 6.45) is 5.66. The van der Waals surface area contributed by atoms with Crippen LogP contribution in [0, 0.1) is 25.2 Å². The minimum Gasteiger partial charge on any atom is -0.462 e. The van der Waals surface area contributed by atoms with Crippen LogP contribution in [0.2, 0.25) is 0 Å². The highest BCUT2D eigenvalue weighted by Gasteiger charge is 2.31. The molecule has 0 spiro atoms. The lowest BCUT2D eigenvalue weighted by atomic mass is 9.72. The van der Waals surface area contributed by atoms with E-state index in [1.54, 1.807) is 0 Å². The lowest BCUT2D eigenvalue weighted by Crippen LogP contribution is -2.30. The molecule has 1 heterocycles. The van der Waals surface area contributed by atoms with Crippen molar-refractivity contribution in [2.75, 3.05) is 0 Å². The van der Waals surface area contributed by atoms with E-state index >= 15 is 0 Å². The summed E-state index contributed by atoms with van der Waals surface area (Å²) in [5.74, 6) is 0.685. The molecule has 0 atom stereocenters. The maximum absolute atomic E-state index is 12.1. The van der Waals surface area contributed by atoms with Gasteiger partial charge in [0.25, 0.3) is 0 Å². The van der Waals surface area contributed by atoms with Crippen molar-refractivity contribution in [3.05, 3.63) is 17.0 Å². The van der Waals surface area contributed by atoms with E-state index in [4.69, 9.17) is 4.74 Å². The minimum absolute atomic E-state index is 0.0631. The first-order chi connectivity index (χ1) is 10.7. The highest BCUT2D eigenvalue weighted by molar-refractivity contribution is 5.70. The van der Waals surface area contributed by atoms with Crippen molar-refractivity contribution in [3.63, 3.8) is 0 Å². The van der Waals surface area contributed by atoms with E-state index in [-0.39, 0.29) is 12.1 Å². The van der Waals surface area contributed by atoms with Gasteiger partial charge in [0.15, 0.2) is 0 Å². The van der Waals surface area contributed by atoms with E-state index in [1.807, 2.05) is 18.7 Å². The molecule has 1 saturated carbocycles. The molecule has 0 aromatic carbocycles. The highest BCUT2D eigenvalue weighted by Crippen LogP contribution is 2.38. The van der Waals surface area contributed by atoms with Gasteiger partial charge in [0, 0.05) is 19.2 Å². The molecule has 0 N–H and O–H groups in total. The molecule has 4 heteroatoms. The summed E-state index contributed by atoms with van der Waals surface area (Å²) in [7, 11) is 1.94. The molecule has 1 aromatic heterocycles. The van der Waals surface area contributed by atoms with Crippen molar-refractivity contribution in [2.24, 2.45) is 18.4 Å². The molecular formula is C19H32N2O2. The third-order valence-electron chi connectivity index (χ3n) is 5.44. The van der Waals surface area contributed by atoms with Crippen LogP contribution >= 0.6 is 0 Å². The average molecular weight is 320 g/mol. The van der Waals surface area contributed by atoms with Crippen LogP contribution in [0.4, 0.5) is 0 Å². The van der Waals surface area contributed by atoms with E-state index in [1.165, 1.54) is 18.4 Å². The fourth-order valence-electron chi connectivity index (χ4n) is 3.70. The minimum atomic E-state index is -0.0631. The lowest BCUT2D eigenvalue weighted by molar-refractivity contribution is -0.151. The smallest absolute Gasteiger partial charge is 0.306 e. The first-order valence-corrected chi connectivity index (χ1v) is 8.87. The molecule has 0 aliphatic heterocycles. The Kier molecular flexibility index (Phi) is 5.53. The second kappa shape index (κ2) is 7.06. The number of hydrogen-bond acceptors (Lipinski definition) is 3. The standard InChI is InChI=1S/C19H32N2O2/c1-13-17(14(2)21(6)20-13)11-12-18(22)23-16-9-7-15(8-10-16)19(3,4)5/h15-16H,7-12H2,1-6H3. The van der Waals surface area contributed by atoms with Gasteiger partial charge in [-0.05, 0) is 62.8 Å². The van der Waals surface area contributed by atoms with E-state index < -0.39 is 0 Å². The zero-order chi connectivity index (χ0) is 17.2. The van der Waals surface area contributed by atoms with Crippen molar-refractivity contribution in [3.8, 4) is 0 Å². The third kappa shape index (κ3) is 4.58. The SMILES string of the molecule is Cc1nn(C)c(C)c1CCC(=O)OC1CCC(C(C)(C)C)CC1. The van der Waals surface area contributed by atoms with Crippen molar-refractivity contribution >= 4 is 5.97 Å². The van der Waals surface area contributed by atoms with E-state index in [9.17, 15) is 4.79 Å². The van der Waals surface area contributed by atoms with Crippen molar-refractivity contribution in [1.29, 1.82) is 0 Å². The molecule has 0 radical (unpaired) electrons. The van der Waals surface area contributed by atoms with Crippen LogP contribution in [-0.2, 0) is 23.0 Å². The Morgan fingerprint density at radius 1 is 1.22 bits per heavy atom. The predicted molar refractivity (Wildman–Crippen MR) is 92.3 cm³/mol. The van der Waals surface area contributed by atoms with Crippen LogP contribution in [0.1, 0.15) is 69.8 Å². The predicted octanol–water partition coefficient (Wildman–Crippen LogP) is 4.12. The summed E-state index contributed by atoms with van der Waals surface area (Å²) in [6, 6.07) is 0. The van der Waals surface area contributed by atoms with E-state index in [0.717, 1.165) is 36.6 Å². The molecule has 23 heavy (non-hydrogen) atoms. The fraction of sp³-hybridized carbons (Fsp3) is 0.789. The number of carbonyl (C=O) groups excluding carboxylic acids is 1. The monoisotopic (exact) mass is 320 g/mol. The number of nitrogens with zero attached hydrogens (tertiary/aromatic N) is 2. The number of esters is 1. The number of rotatable bonds is 4. The Hall–Kier alpha value is -1.32. The molecule has 0 amide bonds. The number of carbonyl (C=O) groups is 1. The zero-order valence-electron chi connectivity index (χ0n) is 15.6. The van der Waals surface area contributed by atoms with Gasteiger partial charge in [0.05, 0.1) is 5.69 Å². The van der Waals surface area contributed by atoms with Crippen LogP contribution in [0.15, 0.2) is 0 Å². The van der Waals surface area contributed by atoms with Crippen molar-refractivity contribution in [1.82, 2.24) is 9.78 Å². The van der Waals surface area contributed by atoms with Gasteiger partial charge >= 0.3 is 5.97 Å². The van der Waals surface area contributed by atoms with E-state index in [0.29, 0.717) is 11.8 Å². The number of hydrogen-bond donors (Lipinski definition) is 0. The molecular weight excluding hydrogens is 288 g/mol. The van der Waals surface area contributed by atoms with Crippen LogP contribution in [0.25, 0.3) is 0 Å². The largest absolute Gasteiger partial charge is 0.462 e. The van der Waals surface area contributed by atoms with Crippen LogP contribution in [-0.4, -0.2) is 21.9 Å². The Labute approximate surface area is 140 Å². The Balaban J connectivity index is 1.78. The summed E-state index contributed by atoms with van der Waals surface area (Å²) in [5.41, 5.74) is 3.70. The average Bonchev–Trinajstić information content (AvgIpc) is 2.70. The summed E-state index contributed by atoms with van der Waals surface area (Å²) in [5, 5.41) is 4.40. The second-order valence-electron chi connectivity index (χ2n) is 8.10. The molecule has 0 saturated heterocycles. The fourth-order valence-corrected chi connectivity index (χ4v) is 3.70. The molecule has 0 unspecified atom stereocenters. The van der Waals surface area contributed by atoms with E-state index in [2.05, 4.69) is 32.8 Å². The second-order valence-corrected chi connectivity index (χ2v) is 8.10. The maximum atomic E-state index is 12.1. The zero-order valence-corrected chi connectivity index (χ0v) is 15.6. The third-order valence-corrected chi connectivity index (χ3v) is 5.44. The Morgan fingerprint density at radius 2 is 1.83 bits per heavy atom. The Morgan fingerprint density at radius 3 is 2.30 bits per heavy atom. The van der Waals surface area contributed by atoms with Crippen LogP contribution in [0.5, 0.6) is 0 Å². The topological polar surface area (TPSA) is 44.1 Å². The first-order valence-electron chi connectivity index (χ1n) is 8.87. The number of aromatic nitrogens is 2. The number of aryl methyl sites for hydroxylation is 2. The van der Waals surface area contributed by atoms with Crippen molar-refractivity contribution < 1.29 is 9.53 Å². The van der Waals surface area contributed by atoms with Gasteiger partial charge in [-0.15, -0.1) is 0 Å². The van der Waals surface area contributed by atoms with Gasteiger partial charge < -0.3 is 4.74 Å². The highest BCUT2D eigenvalue weighted by atomic mass is 16.5. The number of ether oxygens (including phenoxy) is 1. The van der Waals surface area contributed by atoms with Gasteiger partial charge in [-0.3, -0.25) is 9.48 Å². The van der Waals surface area contributed by atoms with Crippen molar-refractivity contribution in [2.45, 2.75) is 79.2 Å². The Bertz CT molecular complexity index is 546. The quantitative estimate of drug-likeness (QED) is 0.784. The summed E-state index contributed by atoms with van der Waals surface area (Å²) in [6.45, 7) is 11.0. The molecule has 1 fully saturated rings. The van der Waals surface area contributed by atoms with Crippen LogP contribution in [0.3, 0.4) is 0 Å². The first kappa shape index (κ1) is 18.0.